The summed E-state index contributed by atoms with van der Waals surface area (Å²) in [6.45, 7) is 5.03. The van der Waals surface area contributed by atoms with Crippen LogP contribution in [0.5, 0.6) is 0 Å². The Morgan fingerprint density at radius 1 is 1.32 bits per heavy atom. The van der Waals surface area contributed by atoms with Crippen LogP contribution in [0.4, 0.5) is 0 Å². The molecule has 10 heteroatoms. The summed E-state index contributed by atoms with van der Waals surface area (Å²) in [6.07, 6.45) is 3.15. The van der Waals surface area contributed by atoms with Gasteiger partial charge in [0.15, 0.2) is 5.65 Å². The van der Waals surface area contributed by atoms with E-state index in [2.05, 4.69) is 10.1 Å². The van der Waals surface area contributed by atoms with Gasteiger partial charge in [-0.2, -0.15) is 4.31 Å². The van der Waals surface area contributed by atoms with Crippen molar-refractivity contribution in [2.24, 2.45) is 5.92 Å². The zero-order valence-corrected chi connectivity index (χ0v) is 17.1. The first-order valence-electron chi connectivity index (χ1n) is 9.56. The second-order valence-corrected chi connectivity index (χ2v) is 9.88. The standard InChI is InChI=1S/C18H25N5O4S/c1-11(2)17(24)21-8-6-12-14(10-21)19-16-9-13(20-23(16)18(12)25)15-5-4-7-22(15)28(3,26)27/h9,11,15,20H,4-8,10H2,1-3H3/t15-/m0/s1. The lowest BCUT2D eigenvalue weighted by molar-refractivity contribution is -0.135. The van der Waals surface area contributed by atoms with Crippen LogP contribution in [0.2, 0.25) is 0 Å². The average Bonchev–Trinajstić information content (AvgIpc) is 3.27. The van der Waals surface area contributed by atoms with E-state index in [4.69, 9.17) is 0 Å². The van der Waals surface area contributed by atoms with E-state index in [1.165, 1.54) is 15.1 Å². The molecule has 0 aliphatic carbocycles. The molecule has 2 aromatic rings. The topological polar surface area (TPSA) is 108 Å². The number of nitrogens with one attached hydrogen (secondary N) is 1. The van der Waals surface area contributed by atoms with Crippen LogP contribution < -0.4 is 5.56 Å². The highest BCUT2D eigenvalue weighted by atomic mass is 32.2. The fraction of sp³-hybridized carbons (Fsp3) is 0.611. The van der Waals surface area contributed by atoms with Gasteiger partial charge >= 0.3 is 0 Å². The second kappa shape index (κ2) is 6.70. The van der Waals surface area contributed by atoms with Crippen molar-refractivity contribution in [3.63, 3.8) is 0 Å². The van der Waals surface area contributed by atoms with Crippen LogP contribution in [0, 0.1) is 5.92 Å². The first kappa shape index (κ1) is 19.1. The second-order valence-electron chi connectivity index (χ2n) is 7.94. The zero-order chi connectivity index (χ0) is 20.2. The lowest BCUT2D eigenvalue weighted by atomic mass is 10.0. The molecule has 9 nitrogen and oxygen atoms in total. The van der Waals surface area contributed by atoms with Crippen molar-refractivity contribution in [3.05, 3.63) is 33.4 Å². The number of H-pyrrole nitrogens is 1. The van der Waals surface area contributed by atoms with Gasteiger partial charge in [-0.05, 0) is 19.3 Å². The third-order valence-electron chi connectivity index (χ3n) is 5.58. The molecule has 1 fully saturated rings. The van der Waals surface area contributed by atoms with Crippen LogP contribution in [-0.2, 0) is 27.8 Å². The largest absolute Gasteiger partial charge is 0.336 e. The van der Waals surface area contributed by atoms with Crippen LogP contribution in [0.25, 0.3) is 5.65 Å². The van der Waals surface area contributed by atoms with E-state index in [9.17, 15) is 18.0 Å². The van der Waals surface area contributed by atoms with Crippen molar-refractivity contribution in [2.45, 2.75) is 45.7 Å². The van der Waals surface area contributed by atoms with E-state index in [1.54, 1.807) is 11.0 Å². The lowest BCUT2D eigenvalue weighted by Crippen LogP contribution is -2.41. The van der Waals surface area contributed by atoms with E-state index in [0.29, 0.717) is 55.1 Å². The molecule has 4 heterocycles. The molecule has 1 atom stereocenters. The average molecular weight is 407 g/mol. The molecule has 2 aliphatic rings. The van der Waals surface area contributed by atoms with Gasteiger partial charge in [0.1, 0.15) is 0 Å². The van der Waals surface area contributed by atoms with Crippen LogP contribution in [0.3, 0.4) is 0 Å². The molecule has 1 N–H and O–H groups in total. The maximum atomic E-state index is 12.9. The molecule has 0 aromatic carbocycles. The minimum absolute atomic E-state index is 0.0529. The molecule has 0 unspecified atom stereocenters. The van der Waals surface area contributed by atoms with Gasteiger partial charge in [-0.15, -0.1) is 0 Å². The van der Waals surface area contributed by atoms with Gasteiger partial charge in [-0.3, -0.25) is 14.7 Å². The van der Waals surface area contributed by atoms with Gasteiger partial charge < -0.3 is 4.90 Å². The van der Waals surface area contributed by atoms with E-state index in [-0.39, 0.29) is 23.4 Å². The third-order valence-corrected chi connectivity index (χ3v) is 6.87. The maximum absolute atomic E-state index is 12.9. The summed E-state index contributed by atoms with van der Waals surface area (Å²) in [7, 11) is -3.33. The van der Waals surface area contributed by atoms with Gasteiger partial charge in [0.2, 0.25) is 15.9 Å². The van der Waals surface area contributed by atoms with Gasteiger partial charge in [-0.1, -0.05) is 13.8 Å². The number of rotatable bonds is 3. The monoisotopic (exact) mass is 407 g/mol. The Morgan fingerprint density at radius 3 is 2.75 bits per heavy atom. The summed E-state index contributed by atoms with van der Waals surface area (Å²) in [6, 6.07) is 1.44. The smallest absolute Gasteiger partial charge is 0.276 e. The van der Waals surface area contributed by atoms with E-state index < -0.39 is 10.0 Å². The molecular formula is C18H25N5O4S. The van der Waals surface area contributed by atoms with Crippen molar-refractivity contribution < 1.29 is 13.2 Å². The zero-order valence-electron chi connectivity index (χ0n) is 16.3. The molecule has 0 saturated carbocycles. The van der Waals surface area contributed by atoms with Gasteiger partial charge in [0.05, 0.1) is 30.2 Å². The molecule has 2 aromatic heterocycles. The summed E-state index contributed by atoms with van der Waals surface area (Å²) < 4.78 is 27.0. The Kier molecular flexibility index (Phi) is 4.58. The summed E-state index contributed by atoms with van der Waals surface area (Å²) in [4.78, 5) is 31.6. The summed E-state index contributed by atoms with van der Waals surface area (Å²) in [5, 5.41) is 3.07. The van der Waals surface area contributed by atoms with Gasteiger partial charge in [0, 0.05) is 30.6 Å². The van der Waals surface area contributed by atoms with Crippen molar-refractivity contribution >= 4 is 21.6 Å². The Labute approximate surface area is 163 Å². The Bertz CT molecular complexity index is 1100. The number of sulfonamides is 1. The summed E-state index contributed by atoms with van der Waals surface area (Å²) >= 11 is 0. The maximum Gasteiger partial charge on any atom is 0.276 e. The number of carbonyl (C=O) groups is 1. The fourth-order valence-corrected chi connectivity index (χ4v) is 5.33. The predicted molar refractivity (Wildman–Crippen MR) is 103 cm³/mol. The first-order chi connectivity index (χ1) is 13.2. The van der Waals surface area contributed by atoms with Crippen LogP contribution in [0.1, 0.15) is 49.7 Å². The minimum Gasteiger partial charge on any atom is -0.336 e. The predicted octanol–water partition coefficient (Wildman–Crippen LogP) is 0.660. The van der Waals surface area contributed by atoms with Crippen molar-refractivity contribution in [1.82, 2.24) is 23.8 Å². The first-order valence-corrected chi connectivity index (χ1v) is 11.4. The SMILES string of the molecule is CC(C)C(=O)N1CCc2c(nc3cc([C@@H]4CCCN4S(C)(=O)=O)[nH]n3c2=O)C1. The molecule has 28 heavy (non-hydrogen) atoms. The fourth-order valence-electron chi connectivity index (χ4n) is 4.18. The number of nitrogens with zero attached hydrogens (tertiary/aromatic N) is 4. The molecule has 2 aliphatic heterocycles. The highest BCUT2D eigenvalue weighted by Crippen LogP contribution is 2.33. The van der Waals surface area contributed by atoms with Crippen LogP contribution >= 0.6 is 0 Å². The van der Waals surface area contributed by atoms with Gasteiger partial charge in [0.25, 0.3) is 5.56 Å². The number of aromatic nitrogens is 3. The lowest BCUT2D eigenvalue weighted by Gasteiger charge is -2.29. The van der Waals surface area contributed by atoms with E-state index >= 15 is 0 Å². The molecule has 0 spiro atoms. The highest BCUT2D eigenvalue weighted by molar-refractivity contribution is 7.88. The molecule has 1 amide bonds. The molecule has 0 radical (unpaired) electrons. The molecule has 1 saturated heterocycles. The summed E-state index contributed by atoms with van der Waals surface area (Å²) in [5.74, 6) is -0.0493. The minimum atomic E-state index is -3.33. The summed E-state index contributed by atoms with van der Waals surface area (Å²) in [5.41, 5.74) is 2.20. The number of aromatic amines is 1. The Morgan fingerprint density at radius 2 is 2.07 bits per heavy atom. The number of fused-ring (bicyclic) bond motifs is 2. The number of hydrogen-bond donors (Lipinski definition) is 1. The van der Waals surface area contributed by atoms with Crippen LogP contribution in [-0.4, -0.2) is 57.5 Å². The van der Waals surface area contributed by atoms with Crippen LogP contribution in [0.15, 0.2) is 10.9 Å². The van der Waals surface area contributed by atoms with Crippen molar-refractivity contribution in [1.29, 1.82) is 0 Å². The van der Waals surface area contributed by atoms with Crippen molar-refractivity contribution in [2.75, 3.05) is 19.3 Å². The number of carbonyl (C=O) groups excluding carboxylic acids is 1. The number of amides is 1. The molecule has 4 rings (SSSR count). The molecular weight excluding hydrogens is 382 g/mol. The van der Waals surface area contributed by atoms with Crippen molar-refractivity contribution in [3.8, 4) is 0 Å². The normalized spacial score (nSPS) is 20.9. The van der Waals surface area contributed by atoms with E-state index in [0.717, 1.165) is 6.42 Å². The number of hydrogen-bond acceptors (Lipinski definition) is 5. The quantitative estimate of drug-likeness (QED) is 0.804. The van der Waals surface area contributed by atoms with Gasteiger partial charge in [-0.25, -0.2) is 17.9 Å². The Balaban J connectivity index is 1.73. The molecule has 0 bridgehead atoms. The third kappa shape index (κ3) is 3.14. The Hall–Kier alpha value is -2.20. The molecule has 152 valence electrons. The highest BCUT2D eigenvalue weighted by Gasteiger charge is 2.34. The van der Waals surface area contributed by atoms with E-state index in [1.807, 2.05) is 13.8 Å².